The largest absolute Gasteiger partial charge is 0.494 e. The Morgan fingerprint density at radius 2 is 1.29 bits per heavy atom. The highest BCUT2D eigenvalue weighted by molar-refractivity contribution is 6.23. The minimum atomic E-state index is -0.910. The maximum absolute atomic E-state index is 13.9. The van der Waals surface area contributed by atoms with E-state index in [2.05, 4.69) is 6.92 Å². The molecule has 7 heteroatoms. The van der Waals surface area contributed by atoms with Crippen LogP contribution >= 0.6 is 0 Å². The van der Waals surface area contributed by atoms with E-state index >= 15 is 0 Å². The average Bonchev–Trinajstić information content (AvgIpc) is 3.52. The second-order valence-electron chi connectivity index (χ2n) is 10.7. The highest BCUT2D eigenvalue weighted by atomic mass is 16.7. The molecule has 2 fully saturated rings. The third-order valence-electron chi connectivity index (χ3n) is 7.68. The Labute approximate surface area is 243 Å². The number of hydrogen-bond donors (Lipinski definition) is 0. The number of amides is 2. The number of fused-ring (bicyclic) bond motifs is 1. The Bertz CT molecular complexity index is 1280. The number of carbonyl (C=O) groups excluding carboxylic acids is 2. The van der Waals surface area contributed by atoms with Crippen LogP contribution in [0.25, 0.3) is 0 Å². The van der Waals surface area contributed by atoms with Crippen LogP contribution in [0, 0.1) is 5.92 Å². The van der Waals surface area contributed by atoms with Gasteiger partial charge in [0.1, 0.15) is 17.4 Å². The summed E-state index contributed by atoms with van der Waals surface area (Å²) in [5.74, 6) is 0.190. The van der Waals surface area contributed by atoms with Crippen LogP contribution in [0.3, 0.4) is 0 Å². The number of hydrogen-bond acceptors (Lipinski definition) is 6. The van der Waals surface area contributed by atoms with Gasteiger partial charge in [0.05, 0.1) is 30.6 Å². The van der Waals surface area contributed by atoms with Crippen LogP contribution in [0.1, 0.15) is 70.4 Å². The smallest absolute Gasteiger partial charge is 0.266 e. The second-order valence-corrected chi connectivity index (χ2v) is 10.7. The fourth-order valence-electron chi connectivity index (χ4n) is 5.55. The van der Waals surface area contributed by atoms with Gasteiger partial charge in [0.2, 0.25) is 5.91 Å². The molecule has 2 heterocycles. The zero-order valence-corrected chi connectivity index (χ0v) is 24.0. The third kappa shape index (κ3) is 6.41. The van der Waals surface area contributed by atoms with Crippen LogP contribution < -0.4 is 19.4 Å². The van der Waals surface area contributed by atoms with Crippen molar-refractivity contribution in [1.29, 1.82) is 0 Å². The molecule has 3 atom stereocenters. The number of imide groups is 1. The summed E-state index contributed by atoms with van der Waals surface area (Å²) in [6, 6.07) is 24.1. The topological polar surface area (TPSA) is 68.3 Å². The van der Waals surface area contributed by atoms with Crippen molar-refractivity contribution in [2.45, 2.75) is 70.9 Å². The SMILES string of the molecule is CCCCCCCCOc1ccc([C@@H]2[C@@H]3C(=O)N(c4ccc(OCCC)cc4)C(=O)[C@@H]3ON2c2ccccc2)cc1. The zero-order chi connectivity index (χ0) is 28.6. The molecule has 3 aromatic rings. The summed E-state index contributed by atoms with van der Waals surface area (Å²) < 4.78 is 11.7. The van der Waals surface area contributed by atoms with Gasteiger partial charge in [-0.05, 0) is 66.9 Å². The van der Waals surface area contributed by atoms with E-state index < -0.39 is 18.1 Å². The minimum Gasteiger partial charge on any atom is -0.494 e. The van der Waals surface area contributed by atoms with Gasteiger partial charge in [0, 0.05) is 0 Å². The molecule has 7 nitrogen and oxygen atoms in total. The lowest BCUT2D eigenvalue weighted by Gasteiger charge is -2.29. The third-order valence-corrected chi connectivity index (χ3v) is 7.68. The number of nitrogens with zero attached hydrogens (tertiary/aromatic N) is 2. The molecule has 5 rings (SSSR count). The number of rotatable bonds is 14. The fourth-order valence-corrected chi connectivity index (χ4v) is 5.55. The molecule has 41 heavy (non-hydrogen) atoms. The Morgan fingerprint density at radius 3 is 1.98 bits per heavy atom. The summed E-state index contributed by atoms with van der Waals surface area (Å²) in [4.78, 5) is 35.0. The molecule has 216 valence electrons. The second kappa shape index (κ2) is 13.7. The molecule has 0 unspecified atom stereocenters. The van der Waals surface area contributed by atoms with Crippen molar-refractivity contribution in [2.75, 3.05) is 23.2 Å². The summed E-state index contributed by atoms with van der Waals surface area (Å²) in [6.45, 7) is 5.56. The lowest BCUT2D eigenvalue weighted by atomic mass is 9.90. The fraction of sp³-hybridized carbons (Fsp3) is 0.412. The number of unbranched alkanes of at least 4 members (excludes halogenated alkanes) is 5. The molecule has 3 aromatic carbocycles. The molecule has 0 saturated carbocycles. The molecular weight excluding hydrogens is 516 g/mol. The lowest BCUT2D eigenvalue weighted by Crippen LogP contribution is -2.37. The van der Waals surface area contributed by atoms with Gasteiger partial charge in [-0.15, -0.1) is 0 Å². The number of carbonyl (C=O) groups is 2. The van der Waals surface area contributed by atoms with Crippen molar-refractivity contribution >= 4 is 23.2 Å². The summed E-state index contributed by atoms with van der Waals surface area (Å²) >= 11 is 0. The molecule has 2 aliphatic rings. The highest BCUT2D eigenvalue weighted by Crippen LogP contribution is 2.47. The molecule has 0 aliphatic carbocycles. The standard InChI is InChI=1S/C34H40N2O5/c1-3-5-6-7-8-12-24-40-28-19-15-25(16-20-28)31-30-32(41-36(31)27-13-10-9-11-14-27)34(38)35(33(30)37)26-17-21-29(22-18-26)39-23-4-2/h9-11,13-22,30-32H,3-8,12,23-24H2,1-2H3/t30-,31+,32+/m0/s1. The average molecular weight is 557 g/mol. The van der Waals surface area contributed by atoms with E-state index in [0.29, 0.717) is 24.7 Å². The van der Waals surface area contributed by atoms with Crippen molar-refractivity contribution in [3.8, 4) is 11.5 Å². The summed E-state index contributed by atoms with van der Waals surface area (Å²) in [5.41, 5.74) is 2.20. The zero-order valence-electron chi connectivity index (χ0n) is 24.0. The van der Waals surface area contributed by atoms with Crippen LogP contribution in [0.4, 0.5) is 11.4 Å². The van der Waals surface area contributed by atoms with E-state index in [-0.39, 0.29) is 11.8 Å². The maximum Gasteiger partial charge on any atom is 0.266 e. The monoisotopic (exact) mass is 556 g/mol. The van der Waals surface area contributed by atoms with Crippen molar-refractivity contribution in [2.24, 2.45) is 5.92 Å². The van der Waals surface area contributed by atoms with E-state index in [1.54, 1.807) is 29.3 Å². The van der Waals surface area contributed by atoms with Crippen LogP contribution in [0.5, 0.6) is 11.5 Å². The van der Waals surface area contributed by atoms with Crippen molar-refractivity contribution in [1.82, 2.24) is 0 Å². The number of benzene rings is 3. The van der Waals surface area contributed by atoms with Gasteiger partial charge in [-0.25, -0.2) is 9.96 Å². The first-order valence-corrected chi connectivity index (χ1v) is 15.0. The van der Waals surface area contributed by atoms with Crippen LogP contribution in [-0.2, 0) is 14.4 Å². The molecule has 2 saturated heterocycles. The molecule has 0 spiro atoms. The van der Waals surface area contributed by atoms with E-state index in [9.17, 15) is 9.59 Å². The maximum atomic E-state index is 13.9. The van der Waals surface area contributed by atoms with Gasteiger partial charge in [-0.1, -0.05) is 76.3 Å². The molecule has 0 bridgehead atoms. The molecular formula is C34H40N2O5. The summed E-state index contributed by atoms with van der Waals surface area (Å²) in [6.07, 6.45) is 7.27. The van der Waals surface area contributed by atoms with Gasteiger partial charge >= 0.3 is 0 Å². The van der Waals surface area contributed by atoms with Crippen molar-refractivity contribution in [3.63, 3.8) is 0 Å². The Morgan fingerprint density at radius 1 is 0.659 bits per heavy atom. The Balaban J connectivity index is 1.33. The van der Waals surface area contributed by atoms with E-state index in [1.807, 2.05) is 61.5 Å². The van der Waals surface area contributed by atoms with Crippen molar-refractivity contribution in [3.05, 3.63) is 84.4 Å². The first-order valence-electron chi connectivity index (χ1n) is 15.0. The van der Waals surface area contributed by atoms with Gasteiger partial charge < -0.3 is 9.47 Å². The molecule has 2 amide bonds. The molecule has 0 radical (unpaired) electrons. The van der Waals surface area contributed by atoms with E-state index in [1.165, 1.54) is 37.0 Å². The minimum absolute atomic E-state index is 0.269. The summed E-state index contributed by atoms with van der Waals surface area (Å²) in [7, 11) is 0. The molecule has 0 N–H and O–H groups in total. The highest BCUT2D eigenvalue weighted by Gasteiger charge is 2.60. The van der Waals surface area contributed by atoms with Gasteiger partial charge in [0.25, 0.3) is 5.91 Å². The van der Waals surface area contributed by atoms with Crippen LogP contribution in [0.2, 0.25) is 0 Å². The molecule has 0 aromatic heterocycles. The number of anilines is 2. The predicted octanol–water partition coefficient (Wildman–Crippen LogP) is 7.27. The number of hydroxylamine groups is 1. The van der Waals surface area contributed by atoms with Crippen molar-refractivity contribution < 1.29 is 23.9 Å². The quantitative estimate of drug-likeness (QED) is 0.154. The van der Waals surface area contributed by atoms with Gasteiger partial charge in [-0.3, -0.25) is 14.4 Å². The summed E-state index contributed by atoms with van der Waals surface area (Å²) in [5, 5.41) is 1.72. The van der Waals surface area contributed by atoms with E-state index in [4.69, 9.17) is 14.3 Å². The van der Waals surface area contributed by atoms with Crippen LogP contribution in [-0.4, -0.2) is 31.1 Å². The lowest BCUT2D eigenvalue weighted by molar-refractivity contribution is -0.126. The number of para-hydroxylation sites is 1. The molecule has 2 aliphatic heterocycles. The Kier molecular flexibility index (Phi) is 9.57. The predicted molar refractivity (Wildman–Crippen MR) is 160 cm³/mol. The Hall–Kier alpha value is -3.84. The first-order chi connectivity index (χ1) is 20.1. The van der Waals surface area contributed by atoms with Gasteiger partial charge in [-0.2, -0.15) is 0 Å². The van der Waals surface area contributed by atoms with E-state index in [0.717, 1.165) is 29.8 Å². The normalized spacial score (nSPS) is 20.0. The first kappa shape index (κ1) is 28.7. The van der Waals surface area contributed by atoms with Gasteiger partial charge in [0.15, 0.2) is 6.10 Å². The number of ether oxygens (including phenoxy) is 2. The van der Waals surface area contributed by atoms with Crippen LogP contribution in [0.15, 0.2) is 78.9 Å².